The van der Waals surface area contributed by atoms with E-state index in [1.807, 2.05) is 0 Å². The maximum absolute atomic E-state index is 12.8. The van der Waals surface area contributed by atoms with Crippen LogP contribution in [-0.4, -0.2) is 17.8 Å². The van der Waals surface area contributed by atoms with E-state index in [9.17, 15) is 4.39 Å². The second-order valence-electron chi connectivity index (χ2n) is 3.07. The summed E-state index contributed by atoms with van der Waals surface area (Å²) >= 11 is 0. The van der Waals surface area contributed by atoms with E-state index in [0.717, 1.165) is 0 Å². The van der Waals surface area contributed by atoms with Crippen LogP contribution in [0.15, 0.2) is 18.2 Å². The molecule has 0 aromatic heterocycles. The van der Waals surface area contributed by atoms with Crippen molar-refractivity contribution in [2.75, 3.05) is 6.61 Å². The zero-order chi connectivity index (χ0) is 9.84. The highest BCUT2D eigenvalue weighted by atomic mass is 19.1. The van der Waals surface area contributed by atoms with Crippen LogP contribution >= 0.6 is 0 Å². The van der Waals surface area contributed by atoms with Crippen LogP contribution in [0.25, 0.3) is 0 Å². The average Bonchev–Trinajstić information content (AvgIpc) is 2.07. The molecule has 0 saturated carbocycles. The number of rotatable bonds is 3. The molecule has 13 heavy (non-hydrogen) atoms. The van der Waals surface area contributed by atoms with Crippen LogP contribution in [0.3, 0.4) is 0 Å². The lowest BCUT2D eigenvalue weighted by Gasteiger charge is -2.08. The molecular formula is C10H13FO2. The quantitative estimate of drug-likeness (QED) is 0.777. The summed E-state index contributed by atoms with van der Waals surface area (Å²) in [5.74, 6) is 0.337. The highest BCUT2D eigenvalue weighted by molar-refractivity contribution is 5.28. The van der Waals surface area contributed by atoms with Gasteiger partial charge in [-0.15, -0.1) is 0 Å². The highest BCUT2D eigenvalue weighted by Crippen LogP contribution is 2.15. The molecule has 1 N–H and O–H groups in total. The minimum Gasteiger partial charge on any atom is -0.491 e. The number of hydrogen-bond acceptors (Lipinski definition) is 2. The fourth-order valence-corrected chi connectivity index (χ4v) is 0.924. The van der Waals surface area contributed by atoms with Crippen molar-refractivity contribution in [1.82, 2.24) is 0 Å². The topological polar surface area (TPSA) is 29.5 Å². The van der Waals surface area contributed by atoms with Gasteiger partial charge in [0.15, 0.2) is 0 Å². The number of benzene rings is 1. The molecule has 0 heterocycles. The second kappa shape index (κ2) is 4.23. The van der Waals surface area contributed by atoms with Crippen molar-refractivity contribution in [3.05, 3.63) is 29.6 Å². The summed E-state index contributed by atoms with van der Waals surface area (Å²) in [6.45, 7) is 3.53. The Kier molecular flexibility index (Phi) is 3.25. The third-order valence-electron chi connectivity index (χ3n) is 1.62. The number of aliphatic hydroxyl groups is 1. The largest absolute Gasteiger partial charge is 0.491 e. The fraction of sp³-hybridized carbons (Fsp3) is 0.400. The van der Waals surface area contributed by atoms with Gasteiger partial charge >= 0.3 is 0 Å². The Morgan fingerprint density at radius 2 is 2.23 bits per heavy atom. The van der Waals surface area contributed by atoms with Gasteiger partial charge in [-0.25, -0.2) is 4.39 Å². The molecule has 72 valence electrons. The summed E-state index contributed by atoms with van der Waals surface area (Å²) < 4.78 is 18.0. The van der Waals surface area contributed by atoms with Crippen LogP contribution in [0.4, 0.5) is 4.39 Å². The molecule has 0 saturated heterocycles. The van der Waals surface area contributed by atoms with Crippen LogP contribution in [-0.2, 0) is 0 Å². The maximum Gasteiger partial charge on any atom is 0.126 e. The van der Waals surface area contributed by atoms with E-state index in [1.165, 1.54) is 6.07 Å². The van der Waals surface area contributed by atoms with Gasteiger partial charge in [0.25, 0.3) is 0 Å². The molecule has 1 aromatic carbocycles. The molecule has 1 rings (SSSR count). The molecule has 0 aliphatic rings. The van der Waals surface area contributed by atoms with Gasteiger partial charge in [0, 0.05) is 0 Å². The maximum atomic E-state index is 12.8. The Balaban J connectivity index is 2.63. The summed E-state index contributed by atoms with van der Waals surface area (Å²) in [6.07, 6.45) is -0.509. The normalized spacial score (nSPS) is 12.6. The van der Waals surface area contributed by atoms with Crippen LogP contribution < -0.4 is 4.74 Å². The SMILES string of the molecule is Cc1cc(OC[C@H](C)O)ccc1F. The number of ether oxygens (including phenoxy) is 1. The first-order chi connectivity index (χ1) is 6.09. The molecule has 3 heteroatoms. The summed E-state index contributed by atoms with van der Waals surface area (Å²) in [4.78, 5) is 0. The summed E-state index contributed by atoms with van der Waals surface area (Å²) in [5.41, 5.74) is 0.545. The molecule has 0 spiro atoms. The molecule has 1 atom stereocenters. The lowest BCUT2D eigenvalue weighted by Crippen LogP contribution is -2.12. The molecule has 0 amide bonds. The van der Waals surface area contributed by atoms with Crippen LogP contribution in [0.5, 0.6) is 5.75 Å². The lowest BCUT2D eigenvalue weighted by molar-refractivity contribution is 0.122. The van der Waals surface area contributed by atoms with Gasteiger partial charge in [0.05, 0.1) is 6.10 Å². The summed E-state index contributed by atoms with van der Waals surface area (Å²) in [5, 5.41) is 8.94. The van der Waals surface area contributed by atoms with Gasteiger partial charge in [-0.05, 0) is 37.6 Å². The van der Waals surface area contributed by atoms with Crippen molar-refractivity contribution in [3.63, 3.8) is 0 Å². The first-order valence-corrected chi connectivity index (χ1v) is 4.16. The van der Waals surface area contributed by atoms with Crippen molar-refractivity contribution >= 4 is 0 Å². The minimum absolute atomic E-state index is 0.227. The van der Waals surface area contributed by atoms with Gasteiger partial charge in [-0.1, -0.05) is 0 Å². The molecule has 1 aromatic rings. The van der Waals surface area contributed by atoms with E-state index in [1.54, 1.807) is 26.0 Å². The number of aliphatic hydroxyl groups excluding tert-OH is 1. The predicted molar refractivity (Wildman–Crippen MR) is 48.3 cm³/mol. The number of halogens is 1. The molecule has 2 nitrogen and oxygen atoms in total. The zero-order valence-electron chi connectivity index (χ0n) is 7.75. The van der Waals surface area contributed by atoms with Crippen LogP contribution in [0.1, 0.15) is 12.5 Å². The standard InChI is InChI=1S/C10H13FO2/c1-7-5-9(3-4-10(7)11)13-6-8(2)12/h3-5,8,12H,6H2,1-2H3/t8-/m0/s1. The summed E-state index contributed by atoms with van der Waals surface area (Å²) in [7, 11) is 0. The second-order valence-corrected chi connectivity index (χ2v) is 3.07. The Bertz CT molecular complexity index is 284. The molecule has 0 unspecified atom stereocenters. The fourth-order valence-electron chi connectivity index (χ4n) is 0.924. The third-order valence-corrected chi connectivity index (χ3v) is 1.62. The monoisotopic (exact) mass is 184 g/mol. The smallest absolute Gasteiger partial charge is 0.126 e. The first-order valence-electron chi connectivity index (χ1n) is 4.16. The Hall–Kier alpha value is -1.09. The van der Waals surface area contributed by atoms with Gasteiger partial charge in [-0.2, -0.15) is 0 Å². The van der Waals surface area contributed by atoms with Crippen LogP contribution in [0.2, 0.25) is 0 Å². The van der Waals surface area contributed by atoms with Gasteiger partial charge in [0.2, 0.25) is 0 Å². The molecule has 0 aliphatic heterocycles. The third kappa shape index (κ3) is 3.03. The molecular weight excluding hydrogens is 171 g/mol. The molecule has 0 radical (unpaired) electrons. The van der Waals surface area contributed by atoms with Crippen molar-refractivity contribution in [3.8, 4) is 5.75 Å². The Labute approximate surface area is 77.0 Å². The van der Waals surface area contributed by atoms with E-state index >= 15 is 0 Å². The van der Waals surface area contributed by atoms with Gasteiger partial charge in [-0.3, -0.25) is 0 Å². The molecule has 0 bridgehead atoms. The van der Waals surface area contributed by atoms with E-state index < -0.39 is 6.10 Å². The molecule has 0 aliphatic carbocycles. The van der Waals surface area contributed by atoms with E-state index in [0.29, 0.717) is 11.3 Å². The van der Waals surface area contributed by atoms with Gasteiger partial charge in [0.1, 0.15) is 18.2 Å². The van der Waals surface area contributed by atoms with E-state index in [4.69, 9.17) is 9.84 Å². The number of aryl methyl sites for hydroxylation is 1. The molecule has 0 fully saturated rings. The Morgan fingerprint density at radius 1 is 1.54 bits per heavy atom. The minimum atomic E-state index is -0.509. The van der Waals surface area contributed by atoms with Gasteiger partial charge < -0.3 is 9.84 Å². The average molecular weight is 184 g/mol. The van der Waals surface area contributed by atoms with E-state index in [2.05, 4.69) is 0 Å². The lowest BCUT2D eigenvalue weighted by atomic mass is 10.2. The first kappa shape index (κ1) is 9.99. The van der Waals surface area contributed by atoms with Crippen LogP contribution in [0, 0.1) is 12.7 Å². The Morgan fingerprint density at radius 3 is 2.77 bits per heavy atom. The predicted octanol–water partition coefficient (Wildman–Crippen LogP) is 1.89. The highest BCUT2D eigenvalue weighted by Gasteiger charge is 2.01. The number of hydrogen-bond donors (Lipinski definition) is 1. The van der Waals surface area contributed by atoms with Crippen molar-refractivity contribution < 1.29 is 14.2 Å². The zero-order valence-corrected chi connectivity index (χ0v) is 7.75. The summed E-state index contributed by atoms with van der Waals surface area (Å²) in [6, 6.07) is 4.51. The van der Waals surface area contributed by atoms with Crippen molar-refractivity contribution in [2.45, 2.75) is 20.0 Å². The van der Waals surface area contributed by atoms with E-state index in [-0.39, 0.29) is 12.4 Å². The van der Waals surface area contributed by atoms with Crippen molar-refractivity contribution in [1.29, 1.82) is 0 Å². The van der Waals surface area contributed by atoms with Crippen molar-refractivity contribution in [2.24, 2.45) is 0 Å².